The molecule has 1 aromatic heterocycles. The third kappa shape index (κ3) is 4.56. The number of fused-ring (bicyclic) bond motifs is 1. The van der Waals surface area contributed by atoms with Crippen LogP contribution < -0.4 is 16.6 Å². The van der Waals surface area contributed by atoms with E-state index in [0.717, 1.165) is 12.1 Å². The van der Waals surface area contributed by atoms with E-state index in [1.54, 1.807) is 31.2 Å². The van der Waals surface area contributed by atoms with Crippen molar-refractivity contribution in [2.75, 3.05) is 0 Å². The molecule has 0 radical (unpaired) electrons. The maximum Gasteiger partial charge on any atom is 0.416 e. The van der Waals surface area contributed by atoms with Gasteiger partial charge in [-0.3, -0.25) is 19.1 Å². The summed E-state index contributed by atoms with van der Waals surface area (Å²) < 4.78 is 39.8. The Morgan fingerprint density at radius 1 is 1.14 bits per heavy atom. The molecular formula is C20H18F3N3O3. The molecular weight excluding hydrogens is 387 g/mol. The number of halogens is 3. The molecule has 0 spiro atoms. The third-order valence-electron chi connectivity index (χ3n) is 4.56. The second kappa shape index (κ2) is 7.94. The van der Waals surface area contributed by atoms with Crippen LogP contribution in [-0.2, 0) is 17.5 Å². The van der Waals surface area contributed by atoms with E-state index < -0.39 is 34.9 Å². The van der Waals surface area contributed by atoms with Crippen molar-refractivity contribution in [2.24, 2.45) is 0 Å². The highest BCUT2D eigenvalue weighted by atomic mass is 19.4. The van der Waals surface area contributed by atoms with Crippen molar-refractivity contribution >= 4 is 16.8 Å². The summed E-state index contributed by atoms with van der Waals surface area (Å²) in [6, 6.07) is 10.6. The molecule has 152 valence electrons. The number of para-hydroxylation sites is 1. The average Bonchev–Trinajstić information content (AvgIpc) is 2.67. The molecule has 6 nitrogen and oxygen atoms in total. The molecule has 1 unspecified atom stereocenters. The standard InChI is InChI=1S/C20H18F3N3O3/c1-12(13-5-4-6-14(11-13)20(21,22)23)24-17(27)9-10-26-16-8-3-2-7-15(16)18(28)25-19(26)29/h2-8,11-12H,9-10H2,1H3,(H,24,27)(H,25,28,29). The van der Waals surface area contributed by atoms with Crippen LogP contribution in [0.1, 0.15) is 30.5 Å². The summed E-state index contributed by atoms with van der Waals surface area (Å²) in [7, 11) is 0. The second-order valence-electron chi connectivity index (χ2n) is 6.59. The minimum Gasteiger partial charge on any atom is -0.350 e. The number of aromatic amines is 1. The lowest BCUT2D eigenvalue weighted by Gasteiger charge is -2.16. The highest BCUT2D eigenvalue weighted by Crippen LogP contribution is 2.30. The Hall–Kier alpha value is -3.36. The number of carbonyl (C=O) groups excluding carboxylic acids is 1. The Bertz CT molecular complexity index is 1170. The molecule has 9 heteroatoms. The summed E-state index contributed by atoms with van der Waals surface area (Å²) in [6.07, 6.45) is -4.55. The van der Waals surface area contributed by atoms with Crippen LogP contribution in [0.2, 0.25) is 0 Å². The Morgan fingerprint density at radius 2 is 1.86 bits per heavy atom. The van der Waals surface area contributed by atoms with E-state index in [0.29, 0.717) is 16.5 Å². The van der Waals surface area contributed by atoms with Gasteiger partial charge in [0, 0.05) is 13.0 Å². The van der Waals surface area contributed by atoms with E-state index in [9.17, 15) is 27.6 Å². The van der Waals surface area contributed by atoms with E-state index in [-0.39, 0.29) is 13.0 Å². The summed E-state index contributed by atoms with van der Waals surface area (Å²) >= 11 is 0. The van der Waals surface area contributed by atoms with Gasteiger partial charge in [-0.15, -0.1) is 0 Å². The van der Waals surface area contributed by atoms with E-state index in [1.165, 1.54) is 16.7 Å². The summed E-state index contributed by atoms with van der Waals surface area (Å²) in [4.78, 5) is 38.5. The normalized spacial score (nSPS) is 12.7. The van der Waals surface area contributed by atoms with Crippen molar-refractivity contribution in [3.63, 3.8) is 0 Å². The van der Waals surface area contributed by atoms with Crippen molar-refractivity contribution in [3.8, 4) is 0 Å². The highest BCUT2D eigenvalue weighted by Gasteiger charge is 2.30. The van der Waals surface area contributed by atoms with Crippen molar-refractivity contribution in [1.29, 1.82) is 0 Å². The first-order valence-electron chi connectivity index (χ1n) is 8.85. The Labute approximate surface area is 163 Å². The van der Waals surface area contributed by atoms with Crippen LogP contribution in [0.5, 0.6) is 0 Å². The number of nitrogens with zero attached hydrogens (tertiary/aromatic N) is 1. The van der Waals surface area contributed by atoms with Gasteiger partial charge in [-0.1, -0.05) is 24.3 Å². The molecule has 2 aromatic carbocycles. The van der Waals surface area contributed by atoms with Gasteiger partial charge in [0.05, 0.1) is 22.5 Å². The smallest absolute Gasteiger partial charge is 0.350 e. The van der Waals surface area contributed by atoms with Gasteiger partial charge in [-0.05, 0) is 36.8 Å². The van der Waals surface area contributed by atoms with Crippen molar-refractivity contribution in [1.82, 2.24) is 14.9 Å². The number of amides is 1. The van der Waals surface area contributed by atoms with Crippen molar-refractivity contribution in [3.05, 3.63) is 80.5 Å². The first-order valence-corrected chi connectivity index (χ1v) is 8.85. The first-order chi connectivity index (χ1) is 13.7. The number of nitrogens with one attached hydrogen (secondary N) is 2. The zero-order valence-corrected chi connectivity index (χ0v) is 15.4. The van der Waals surface area contributed by atoms with Crippen molar-refractivity contribution in [2.45, 2.75) is 32.1 Å². The molecule has 1 amide bonds. The van der Waals surface area contributed by atoms with Gasteiger partial charge < -0.3 is 5.32 Å². The number of rotatable bonds is 5. The monoisotopic (exact) mass is 405 g/mol. The molecule has 0 saturated carbocycles. The quantitative estimate of drug-likeness (QED) is 0.685. The van der Waals surface area contributed by atoms with Crippen LogP contribution in [0.4, 0.5) is 13.2 Å². The fourth-order valence-corrected chi connectivity index (χ4v) is 3.06. The molecule has 3 rings (SSSR count). The molecule has 2 N–H and O–H groups in total. The van der Waals surface area contributed by atoms with Gasteiger partial charge in [0.15, 0.2) is 0 Å². The van der Waals surface area contributed by atoms with Gasteiger partial charge in [0.2, 0.25) is 5.91 Å². The maximum absolute atomic E-state index is 12.9. The van der Waals surface area contributed by atoms with Gasteiger partial charge in [-0.25, -0.2) is 4.79 Å². The number of carbonyl (C=O) groups is 1. The fraction of sp³-hybridized carbons (Fsp3) is 0.250. The molecule has 1 heterocycles. The summed E-state index contributed by atoms with van der Waals surface area (Å²) in [5.41, 5.74) is -1.21. The zero-order chi connectivity index (χ0) is 21.2. The fourth-order valence-electron chi connectivity index (χ4n) is 3.06. The predicted octanol–water partition coefficient (Wildman–Crippen LogP) is 2.98. The van der Waals surface area contributed by atoms with Crippen LogP contribution >= 0.6 is 0 Å². The summed E-state index contributed by atoms with van der Waals surface area (Å²) in [5, 5.41) is 2.95. The largest absolute Gasteiger partial charge is 0.416 e. The lowest BCUT2D eigenvalue weighted by molar-refractivity contribution is -0.137. The minimum atomic E-state index is -4.47. The van der Waals surface area contributed by atoms with E-state index in [1.807, 2.05) is 0 Å². The summed E-state index contributed by atoms with van der Waals surface area (Å²) in [6.45, 7) is 1.59. The van der Waals surface area contributed by atoms with Crippen LogP contribution in [0.3, 0.4) is 0 Å². The number of hydrogen-bond donors (Lipinski definition) is 2. The molecule has 3 aromatic rings. The molecule has 1 atom stereocenters. The third-order valence-corrected chi connectivity index (χ3v) is 4.56. The van der Waals surface area contributed by atoms with E-state index in [2.05, 4.69) is 10.3 Å². The van der Waals surface area contributed by atoms with Crippen LogP contribution in [0, 0.1) is 0 Å². The minimum absolute atomic E-state index is 0.0112. The zero-order valence-electron chi connectivity index (χ0n) is 15.4. The number of aryl methyl sites for hydroxylation is 1. The Morgan fingerprint density at radius 3 is 2.59 bits per heavy atom. The van der Waals surface area contributed by atoms with E-state index in [4.69, 9.17) is 0 Å². The molecule has 0 saturated heterocycles. The first kappa shape index (κ1) is 20.4. The van der Waals surface area contributed by atoms with Gasteiger partial charge in [0.1, 0.15) is 0 Å². The molecule has 0 aliphatic heterocycles. The van der Waals surface area contributed by atoms with Crippen LogP contribution in [-0.4, -0.2) is 15.5 Å². The lowest BCUT2D eigenvalue weighted by atomic mass is 10.0. The van der Waals surface area contributed by atoms with Gasteiger partial charge in [0.25, 0.3) is 5.56 Å². The number of alkyl halides is 3. The molecule has 0 bridgehead atoms. The van der Waals surface area contributed by atoms with Gasteiger partial charge >= 0.3 is 11.9 Å². The SMILES string of the molecule is CC(NC(=O)CCn1c(=O)[nH]c(=O)c2ccccc21)c1cccc(C(F)(F)F)c1. The number of aromatic nitrogens is 2. The van der Waals surface area contributed by atoms with Crippen LogP contribution in [0.25, 0.3) is 10.9 Å². The molecule has 29 heavy (non-hydrogen) atoms. The average molecular weight is 405 g/mol. The molecule has 0 aliphatic rings. The van der Waals surface area contributed by atoms with E-state index >= 15 is 0 Å². The summed E-state index contributed by atoms with van der Waals surface area (Å²) in [5.74, 6) is -0.433. The number of hydrogen-bond acceptors (Lipinski definition) is 3. The predicted molar refractivity (Wildman–Crippen MR) is 101 cm³/mol. The topological polar surface area (TPSA) is 84.0 Å². The van der Waals surface area contributed by atoms with Crippen molar-refractivity contribution < 1.29 is 18.0 Å². The Balaban J connectivity index is 1.72. The Kier molecular flexibility index (Phi) is 5.58. The second-order valence-corrected chi connectivity index (χ2v) is 6.59. The number of benzene rings is 2. The number of H-pyrrole nitrogens is 1. The molecule has 0 fully saturated rings. The van der Waals surface area contributed by atoms with Gasteiger partial charge in [-0.2, -0.15) is 13.2 Å². The molecule has 0 aliphatic carbocycles. The maximum atomic E-state index is 12.9. The highest BCUT2D eigenvalue weighted by molar-refractivity contribution is 5.79. The van der Waals surface area contributed by atoms with Crippen LogP contribution in [0.15, 0.2) is 58.1 Å². The lowest BCUT2D eigenvalue weighted by Crippen LogP contribution is -2.33.